The minimum Gasteiger partial charge on any atom is -0.352 e. The summed E-state index contributed by atoms with van der Waals surface area (Å²) in [7, 11) is -4.18. The van der Waals surface area contributed by atoms with Crippen LogP contribution in [0.1, 0.15) is 54.4 Å². The smallest absolute Gasteiger partial charge is 0.264 e. The van der Waals surface area contributed by atoms with Gasteiger partial charge in [0.2, 0.25) is 11.8 Å². The van der Waals surface area contributed by atoms with E-state index in [1.807, 2.05) is 61.5 Å². The Hall–Kier alpha value is -4.14. The lowest BCUT2D eigenvalue weighted by molar-refractivity contribution is -0.140. The van der Waals surface area contributed by atoms with Crippen molar-refractivity contribution in [1.82, 2.24) is 10.2 Å². The number of hydrogen-bond acceptors (Lipinski definition) is 4. The summed E-state index contributed by atoms with van der Waals surface area (Å²) in [5, 5.41) is 3.70. The van der Waals surface area contributed by atoms with Gasteiger partial charge in [-0.15, -0.1) is 0 Å². The molecule has 0 saturated heterocycles. The third-order valence-electron chi connectivity index (χ3n) is 8.73. The number of amides is 2. The third-order valence-corrected chi connectivity index (χ3v) is 10.7. The monoisotopic (exact) mass is 671 g/mol. The van der Waals surface area contributed by atoms with Gasteiger partial charge in [0, 0.05) is 24.0 Å². The van der Waals surface area contributed by atoms with Crippen molar-refractivity contribution >= 4 is 39.1 Å². The van der Waals surface area contributed by atoms with Crippen molar-refractivity contribution in [1.29, 1.82) is 0 Å². The number of rotatable bonds is 12. The SMILES string of the molecule is Cc1ccc(CN(C(=O)CN(c2ccc(Cl)cc2C)S(=O)(=O)c2ccccc2)[C@@H](Cc2ccccc2)C(=O)NC2CCCCC2)cc1. The number of aryl methyl sites for hydroxylation is 2. The molecule has 0 bridgehead atoms. The number of carbonyl (C=O) groups is 2. The van der Waals surface area contributed by atoms with Crippen molar-refractivity contribution in [3.8, 4) is 0 Å². The van der Waals surface area contributed by atoms with Crippen LogP contribution in [0.25, 0.3) is 0 Å². The van der Waals surface area contributed by atoms with E-state index in [2.05, 4.69) is 5.32 Å². The van der Waals surface area contributed by atoms with Gasteiger partial charge in [-0.2, -0.15) is 0 Å². The Balaban J connectivity index is 1.57. The first-order chi connectivity index (χ1) is 22.6. The molecule has 1 fully saturated rings. The van der Waals surface area contributed by atoms with Gasteiger partial charge in [0.1, 0.15) is 12.6 Å². The van der Waals surface area contributed by atoms with Crippen LogP contribution >= 0.6 is 11.6 Å². The quantitative estimate of drug-likeness (QED) is 0.172. The molecule has 4 aromatic carbocycles. The Morgan fingerprint density at radius 3 is 2.11 bits per heavy atom. The Morgan fingerprint density at radius 1 is 0.830 bits per heavy atom. The molecule has 1 aliphatic rings. The number of anilines is 1. The normalized spacial score (nSPS) is 14.3. The standard InChI is InChI=1S/C38H42ClN3O4S/c1-28-18-20-31(21-19-28)26-41(36(25-30-12-6-3-7-13-30)38(44)40-33-14-8-4-9-15-33)37(43)27-42(35-23-22-32(39)24-29(35)2)47(45,46)34-16-10-5-11-17-34/h3,5-7,10-13,16-24,33,36H,4,8-9,14-15,25-27H2,1-2H3,(H,40,44)/t36-/m0/s1. The topological polar surface area (TPSA) is 86.8 Å². The van der Waals surface area contributed by atoms with Gasteiger partial charge in [0.15, 0.2) is 0 Å². The zero-order valence-corrected chi connectivity index (χ0v) is 28.5. The third kappa shape index (κ3) is 8.82. The van der Waals surface area contributed by atoms with E-state index in [1.54, 1.807) is 48.2 Å². The van der Waals surface area contributed by atoms with Crippen molar-refractivity contribution in [3.63, 3.8) is 0 Å². The van der Waals surface area contributed by atoms with Gasteiger partial charge >= 0.3 is 0 Å². The van der Waals surface area contributed by atoms with Crippen molar-refractivity contribution in [3.05, 3.63) is 130 Å². The van der Waals surface area contributed by atoms with Crippen LogP contribution in [0.2, 0.25) is 5.02 Å². The first-order valence-electron chi connectivity index (χ1n) is 16.1. The molecule has 0 aliphatic heterocycles. The lowest BCUT2D eigenvalue weighted by Crippen LogP contribution is -2.55. The summed E-state index contributed by atoms with van der Waals surface area (Å²) >= 11 is 6.26. The van der Waals surface area contributed by atoms with Gasteiger partial charge in [-0.3, -0.25) is 13.9 Å². The molecule has 246 valence electrons. The highest BCUT2D eigenvalue weighted by Gasteiger charge is 2.35. The second kappa shape index (κ2) is 15.6. The van der Waals surface area contributed by atoms with E-state index in [0.717, 1.165) is 53.1 Å². The zero-order chi connectivity index (χ0) is 33.4. The summed E-state index contributed by atoms with van der Waals surface area (Å²) in [6.07, 6.45) is 5.32. The Bertz CT molecular complexity index is 1760. The number of nitrogens with zero attached hydrogens (tertiary/aromatic N) is 2. The largest absolute Gasteiger partial charge is 0.352 e. The van der Waals surface area contributed by atoms with Crippen LogP contribution in [0.5, 0.6) is 0 Å². The van der Waals surface area contributed by atoms with E-state index in [9.17, 15) is 18.0 Å². The van der Waals surface area contributed by atoms with Crippen LogP contribution in [0.3, 0.4) is 0 Å². The second-order valence-electron chi connectivity index (χ2n) is 12.3. The Morgan fingerprint density at radius 2 is 1.47 bits per heavy atom. The highest BCUT2D eigenvalue weighted by molar-refractivity contribution is 7.92. The van der Waals surface area contributed by atoms with E-state index < -0.39 is 28.5 Å². The Kier molecular flexibility index (Phi) is 11.4. The summed E-state index contributed by atoms with van der Waals surface area (Å²) in [5.74, 6) is -0.722. The van der Waals surface area contributed by atoms with Crippen LogP contribution < -0.4 is 9.62 Å². The number of sulfonamides is 1. The molecule has 9 heteroatoms. The highest BCUT2D eigenvalue weighted by atomic mass is 35.5. The summed E-state index contributed by atoms with van der Waals surface area (Å²) in [4.78, 5) is 30.5. The van der Waals surface area contributed by atoms with E-state index >= 15 is 0 Å². The van der Waals surface area contributed by atoms with E-state index in [0.29, 0.717) is 16.3 Å². The molecule has 1 N–H and O–H groups in total. The molecular weight excluding hydrogens is 630 g/mol. The van der Waals surface area contributed by atoms with Gasteiger partial charge < -0.3 is 10.2 Å². The molecule has 1 aliphatic carbocycles. The highest BCUT2D eigenvalue weighted by Crippen LogP contribution is 2.30. The van der Waals surface area contributed by atoms with Gasteiger partial charge in [0.05, 0.1) is 10.6 Å². The predicted molar refractivity (Wildman–Crippen MR) is 188 cm³/mol. The Labute approximate surface area is 283 Å². The number of nitrogens with one attached hydrogen (secondary N) is 1. The molecule has 2 amide bonds. The average Bonchev–Trinajstić information content (AvgIpc) is 3.07. The number of carbonyl (C=O) groups excluding carboxylic acids is 2. The molecule has 0 radical (unpaired) electrons. The fourth-order valence-corrected chi connectivity index (χ4v) is 7.85. The maximum atomic E-state index is 14.7. The molecule has 0 unspecified atom stereocenters. The predicted octanol–water partition coefficient (Wildman–Crippen LogP) is 7.24. The van der Waals surface area contributed by atoms with Gasteiger partial charge in [0.25, 0.3) is 10.0 Å². The first kappa shape index (κ1) is 34.2. The van der Waals surface area contributed by atoms with Crippen LogP contribution in [-0.2, 0) is 32.6 Å². The second-order valence-corrected chi connectivity index (χ2v) is 14.6. The van der Waals surface area contributed by atoms with Crippen LogP contribution in [0.4, 0.5) is 5.69 Å². The van der Waals surface area contributed by atoms with Crippen molar-refractivity contribution in [2.45, 2.75) is 75.9 Å². The minimum absolute atomic E-state index is 0.0394. The maximum Gasteiger partial charge on any atom is 0.264 e. The van der Waals surface area contributed by atoms with E-state index in [-0.39, 0.29) is 29.8 Å². The van der Waals surface area contributed by atoms with Gasteiger partial charge in [-0.05, 0) is 73.7 Å². The molecule has 47 heavy (non-hydrogen) atoms. The summed E-state index contributed by atoms with van der Waals surface area (Å²) in [5.41, 5.74) is 3.76. The molecule has 1 saturated carbocycles. The van der Waals surface area contributed by atoms with Crippen molar-refractivity contribution in [2.75, 3.05) is 10.8 Å². The van der Waals surface area contributed by atoms with Crippen LogP contribution in [0.15, 0.2) is 108 Å². The molecule has 1 atom stereocenters. The van der Waals surface area contributed by atoms with Crippen LogP contribution in [0, 0.1) is 13.8 Å². The van der Waals surface area contributed by atoms with Crippen LogP contribution in [-0.4, -0.2) is 43.8 Å². The number of benzene rings is 4. The maximum absolute atomic E-state index is 14.7. The number of hydrogen-bond donors (Lipinski definition) is 1. The molecular formula is C38H42ClN3O4S. The average molecular weight is 672 g/mol. The van der Waals surface area contributed by atoms with Gasteiger partial charge in [-0.25, -0.2) is 8.42 Å². The lowest BCUT2D eigenvalue weighted by atomic mass is 9.94. The van der Waals surface area contributed by atoms with Crippen molar-refractivity contribution < 1.29 is 18.0 Å². The lowest BCUT2D eigenvalue weighted by Gasteiger charge is -2.35. The summed E-state index contributed by atoms with van der Waals surface area (Å²) in [6.45, 7) is 3.38. The molecule has 4 aromatic rings. The molecule has 0 spiro atoms. The summed E-state index contributed by atoms with van der Waals surface area (Å²) in [6, 6.07) is 29.6. The molecule has 7 nitrogen and oxygen atoms in total. The van der Waals surface area contributed by atoms with Gasteiger partial charge in [-0.1, -0.05) is 109 Å². The van der Waals surface area contributed by atoms with E-state index in [4.69, 9.17) is 11.6 Å². The molecule has 0 heterocycles. The van der Waals surface area contributed by atoms with Crippen molar-refractivity contribution in [2.24, 2.45) is 0 Å². The fraction of sp³-hybridized carbons (Fsp3) is 0.316. The van der Waals surface area contributed by atoms with E-state index in [1.165, 1.54) is 12.1 Å². The zero-order valence-electron chi connectivity index (χ0n) is 26.9. The molecule has 5 rings (SSSR count). The first-order valence-corrected chi connectivity index (χ1v) is 18.0. The minimum atomic E-state index is -4.18. The number of halogens is 1. The fourth-order valence-electron chi connectivity index (χ4n) is 6.12. The summed E-state index contributed by atoms with van der Waals surface area (Å²) < 4.78 is 29.6. The molecule has 0 aromatic heterocycles.